The Kier molecular flexibility index (Phi) is 6.69. The number of aliphatic hydroxyl groups is 1. The zero-order valence-corrected chi connectivity index (χ0v) is 16.9. The van der Waals surface area contributed by atoms with Gasteiger partial charge in [0.2, 0.25) is 0 Å². The number of esters is 1. The monoisotopic (exact) mass is 416 g/mol. The minimum absolute atomic E-state index is 0.0537. The molecule has 0 bridgehead atoms. The molecule has 2 aromatic carbocycles. The number of nitrogens with zero attached hydrogens (tertiary/aromatic N) is 1. The molecule has 8 heteroatoms. The van der Waals surface area contributed by atoms with Crippen molar-refractivity contribution in [3.05, 3.63) is 65.5 Å². The molecule has 3 rings (SSSR count). The highest BCUT2D eigenvalue weighted by atomic mass is 19.1. The van der Waals surface area contributed by atoms with Crippen LogP contribution in [0.4, 0.5) is 4.39 Å². The highest BCUT2D eigenvalue weighted by Gasteiger charge is 2.45. The summed E-state index contributed by atoms with van der Waals surface area (Å²) in [6.07, 6.45) is -0.626. The van der Waals surface area contributed by atoms with Crippen molar-refractivity contribution < 1.29 is 28.6 Å². The van der Waals surface area contributed by atoms with Crippen LogP contribution in [0.2, 0.25) is 0 Å². The molecule has 160 valence electrons. The second-order valence-electron chi connectivity index (χ2n) is 7.21. The van der Waals surface area contributed by atoms with Gasteiger partial charge in [0, 0.05) is 19.2 Å². The molecule has 1 fully saturated rings. The Morgan fingerprint density at radius 3 is 2.60 bits per heavy atom. The van der Waals surface area contributed by atoms with Crippen LogP contribution in [-0.4, -0.2) is 61.8 Å². The number of nitrogens with one attached hydrogen (secondary N) is 1. The maximum absolute atomic E-state index is 13.5. The lowest BCUT2D eigenvalue weighted by Crippen LogP contribution is -2.62. The van der Waals surface area contributed by atoms with Crippen LogP contribution >= 0.6 is 0 Å². The van der Waals surface area contributed by atoms with Crippen molar-refractivity contribution in [3.63, 3.8) is 0 Å². The van der Waals surface area contributed by atoms with E-state index in [0.29, 0.717) is 13.0 Å². The van der Waals surface area contributed by atoms with Crippen molar-refractivity contribution in [2.75, 3.05) is 33.9 Å². The first-order valence-corrected chi connectivity index (χ1v) is 9.58. The van der Waals surface area contributed by atoms with Crippen LogP contribution in [0.15, 0.2) is 48.5 Å². The van der Waals surface area contributed by atoms with Crippen LogP contribution in [0.3, 0.4) is 0 Å². The van der Waals surface area contributed by atoms with E-state index >= 15 is 0 Å². The first-order chi connectivity index (χ1) is 14.4. The summed E-state index contributed by atoms with van der Waals surface area (Å²) in [5.41, 5.74) is -0.173. The summed E-state index contributed by atoms with van der Waals surface area (Å²) in [5.74, 6) is -1.30. The predicted octanol–water partition coefficient (Wildman–Crippen LogP) is 1.70. The summed E-state index contributed by atoms with van der Waals surface area (Å²) in [4.78, 5) is 26.5. The number of aliphatic hydroxyl groups excluding tert-OH is 1. The van der Waals surface area contributed by atoms with E-state index in [0.717, 1.165) is 11.6 Å². The Bertz CT molecular complexity index is 908. The van der Waals surface area contributed by atoms with E-state index in [9.17, 15) is 19.1 Å². The number of carbonyl (C=O) groups excluding carboxylic acids is 2. The molecule has 30 heavy (non-hydrogen) atoms. The van der Waals surface area contributed by atoms with Crippen molar-refractivity contribution in [2.45, 2.75) is 18.1 Å². The maximum atomic E-state index is 13.5. The van der Waals surface area contributed by atoms with E-state index in [2.05, 4.69) is 5.32 Å². The summed E-state index contributed by atoms with van der Waals surface area (Å²) in [6.45, 7) is 0.685. The quantitative estimate of drug-likeness (QED) is 0.697. The fourth-order valence-corrected chi connectivity index (χ4v) is 3.80. The fourth-order valence-electron chi connectivity index (χ4n) is 3.80. The van der Waals surface area contributed by atoms with Crippen LogP contribution in [0.25, 0.3) is 0 Å². The SMILES string of the molecule is COC(=O)CN1CC[C@](NC(=O)c2ccc(F)cc2OC)(c2ccccc2)[C@H](O)C1. The average molecular weight is 416 g/mol. The van der Waals surface area contributed by atoms with Crippen LogP contribution in [0.5, 0.6) is 5.75 Å². The van der Waals surface area contributed by atoms with E-state index < -0.39 is 29.3 Å². The van der Waals surface area contributed by atoms with Crippen molar-refractivity contribution in [3.8, 4) is 5.75 Å². The van der Waals surface area contributed by atoms with Gasteiger partial charge in [-0.05, 0) is 24.1 Å². The van der Waals surface area contributed by atoms with E-state index in [1.165, 1.54) is 26.4 Å². The van der Waals surface area contributed by atoms with Gasteiger partial charge in [0.1, 0.15) is 11.6 Å². The molecule has 7 nitrogen and oxygen atoms in total. The third kappa shape index (κ3) is 4.44. The smallest absolute Gasteiger partial charge is 0.319 e. The number of hydrogen-bond donors (Lipinski definition) is 2. The molecule has 1 aliphatic rings. The first-order valence-electron chi connectivity index (χ1n) is 9.58. The Morgan fingerprint density at radius 2 is 1.97 bits per heavy atom. The Hall–Kier alpha value is -2.97. The highest BCUT2D eigenvalue weighted by Crippen LogP contribution is 2.34. The van der Waals surface area contributed by atoms with Crippen molar-refractivity contribution in [1.29, 1.82) is 0 Å². The number of piperidine rings is 1. The van der Waals surface area contributed by atoms with Crippen molar-refractivity contribution in [2.24, 2.45) is 0 Å². The average Bonchev–Trinajstić information content (AvgIpc) is 2.76. The molecular formula is C22H25FN2O5. The predicted molar refractivity (Wildman–Crippen MR) is 108 cm³/mol. The van der Waals surface area contributed by atoms with Gasteiger partial charge < -0.3 is 19.9 Å². The molecule has 1 saturated heterocycles. The van der Waals surface area contributed by atoms with Crippen LogP contribution in [0, 0.1) is 5.82 Å². The summed E-state index contributed by atoms with van der Waals surface area (Å²) in [6, 6.07) is 12.8. The number of methoxy groups -OCH3 is 2. The van der Waals surface area contributed by atoms with Gasteiger partial charge in [-0.1, -0.05) is 30.3 Å². The molecule has 2 aromatic rings. The summed E-state index contributed by atoms with van der Waals surface area (Å²) < 4.78 is 23.4. The minimum Gasteiger partial charge on any atom is -0.496 e. The molecule has 1 aliphatic heterocycles. The molecule has 0 aromatic heterocycles. The fraction of sp³-hybridized carbons (Fsp3) is 0.364. The topological polar surface area (TPSA) is 88.1 Å². The maximum Gasteiger partial charge on any atom is 0.319 e. The van der Waals surface area contributed by atoms with E-state index in [-0.39, 0.29) is 24.4 Å². The molecule has 0 spiro atoms. The molecule has 0 saturated carbocycles. The van der Waals surface area contributed by atoms with Crippen LogP contribution in [-0.2, 0) is 15.1 Å². The lowest BCUT2D eigenvalue weighted by molar-refractivity contribution is -0.143. The Labute approximate surface area is 174 Å². The van der Waals surface area contributed by atoms with E-state index in [1.54, 1.807) is 4.90 Å². The molecule has 0 radical (unpaired) electrons. The normalized spacial score (nSPS) is 21.7. The largest absolute Gasteiger partial charge is 0.496 e. The zero-order chi connectivity index (χ0) is 21.7. The third-order valence-electron chi connectivity index (χ3n) is 5.44. The zero-order valence-electron chi connectivity index (χ0n) is 16.9. The summed E-state index contributed by atoms with van der Waals surface area (Å²) in [5, 5.41) is 14.1. The lowest BCUT2D eigenvalue weighted by Gasteiger charge is -2.46. The minimum atomic E-state index is -1.08. The van der Waals surface area contributed by atoms with Gasteiger partial charge in [0.05, 0.1) is 38.0 Å². The molecule has 1 heterocycles. The van der Waals surface area contributed by atoms with Gasteiger partial charge in [0.15, 0.2) is 0 Å². The lowest BCUT2D eigenvalue weighted by atomic mass is 9.78. The van der Waals surface area contributed by atoms with Gasteiger partial charge in [-0.3, -0.25) is 14.5 Å². The number of rotatable bonds is 6. The van der Waals surface area contributed by atoms with Gasteiger partial charge in [-0.15, -0.1) is 0 Å². The highest BCUT2D eigenvalue weighted by molar-refractivity contribution is 5.97. The van der Waals surface area contributed by atoms with Crippen molar-refractivity contribution >= 4 is 11.9 Å². The molecule has 0 aliphatic carbocycles. The summed E-state index contributed by atoms with van der Waals surface area (Å²) >= 11 is 0. The number of likely N-dealkylation sites (tertiary alicyclic amines) is 1. The van der Waals surface area contributed by atoms with Crippen LogP contribution < -0.4 is 10.1 Å². The number of carbonyl (C=O) groups is 2. The van der Waals surface area contributed by atoms with Crippen LogP contribution in [0.1, 0.15) is 22.3 Å². The molecular weight excluding hydrogens is 391 g/mol. The number of amides is 1. The number of ether oxygens (including phenoxy) is 2. The Morgan fingerprint density at radius 1 is 1.23 bits per heavy atom. The second kappa shape index (κ2) is 9.23. The first kappa shape index (κ1) is 21.7. The number of β-amino-alcohol motifs (C(OH)–C–C–N with tert-alkyl or cyclic N) is 1. The van der Waals surface area contributed by atoms with Gasteiger partial charge in [-0.2, -0.15) is 0 Å². The molecule has 0 unspecified atom stereocenters. The standard InChI is InChI=1S/C22H25FN2O5/c1-29-18-12-16(23)8-9-17(18)21(28)24-22(15-6-4-3-5-7-15)10-11-25(13-19(22)26)14-20(27)30-2/h3-9,12,19,26H,10-11,13-14H2,1-2H3,(H,24,28)/t19-,22+/m1/s1. The number of hydrogen-bond acceptors (Lipinski definition) is 6. The number of halogens is 1. The van der Waals surface area contributed by atoms with Gasteiger partial charge >= 0.3 is 5.97 Å². The van der Waals surface area contributed by atoms with E-state index in [1.807, 2.05) is 30.3 Å². The Balaban J connectivity index is 1.91. The van der Waals surface area contributed by atoms with Gasteiger partial charge in [-0.25, -0.2) is 4.39 Å². The van der Waals surface area contributed by atoms with Gasteiger partial charge in [0.25, 0.3) is 5.91 Å². The number of benzene rings is 2. The van der Waals surface area contributed by atoms with Crippen molar-refractivity contribution in [1.82, 2.24) is 10.2 Å². The molecule has 2 N–H and O–H groups in total. The molecule has 1 amide bonds. The third-order valence-corrected chi connectivity index (χ3v) is 5.44. The van der Waals surface area contributed by atoms with E-state index in [4.69, 9.17) is 9.47 Å². The summed E-state index contributed by atoms with van der Waals surface area (Å²) in [7, 11) is 2.67. The second-order valence-corrected chi connectivity index (χ2v) is 7.21. The molecule has 2 atom stereocenters.